The van der Waals surface area contributed by atoms with E-state index < -0.39 is 5.97 Å². The van der Waals surface area contributed by atoms with Crippen LogP contribution in [0.2, 0.25) is 0 Å². The fraction of sp³-hybridized carbons (Fsp3) is 0.467. The van der Waals surface area contributed by atoms with Crippen molar-refractivity contribution in [1.82, 2.24) is 4.90 Å². The number of nitrogens with one attached hydrogen (secondary N) is 1. The van der Waals surface area contributed by atoms with E-state index >= 15 is 0 Å². The Morgan fingerprint density at radius 3 is 2.55 bits per heavy atom. The summed E-state index contributed by atoms with van der Waals surface area (Å²) >= 11 is 0. The van der Waals surface area contributed by atoms with Gasteiger partial charge < -0.3 is 10.4 Å². The van der Waals surface area contributed by atoms with E-state index in [0.717, 1.165) is 11.3 Å². The molecule has 0 spiro atoms. The first kappa shape index (κ1) is 16.2. The minimum atomic E-state index is -0.922. The molecule has 110 valence electrons. The number of carboxylic acid groups (broad SMARTS) is 1. The largest absolute Gasteiger partial charge is 0.480 e. The van der Waals surface area contributed by atoms with E-state index in [1.807, 2.05) is 45.0 Å². The van der Waals surface area contributed by atoms with Crippen molar-refractivity contribution in [2.24, 2.45) is 5.92 Å². The molecule has 2 N–H and O–H groups in total. The third kappa shape index (κ3) is 6.33. The molecule has 0 bridgehead atoms. The lowest BCUT2D eigenvalue weighted by Gasteiger charge is -2.21. The molecular formula is C15H22N2O3. The number of hydrogen-bond acceptors (Lipinski definition) is 3. The highest BCUT2D eigenvalue weighted by molar-refractivity contribution is 5.92. The van der Waals surface area contributed by atoms with Gasteiger partial charge in [-0.05, 0) is 30.5 Å². The average molecular weight is 278 g/mol. The lowest BCUT2D eigenvalue weighted by Crippen LogP contribution is -2.39. The van der Waals surface area contributed by atoms with E-state index in [1.54, 1.807) is 4.90 Å². The van der Waals surface area contributed by atoms with Crippen molar-refractivity contribution >= 4 is 17.6 Å². The molecule has 0 fully saturated rings. The van der Waals surface area contributed by atoms with Crippen LogP contribution < -0.4 is 5.32 Å². The number of anilines is 1. The number of benzene rings is 1. The number of rotatable bonds is 7. The van der Waals surface area contributed by atoms with E-state index in [2.05, 4.69) is 5.32 Å². The van der Waals surface area contributed by atoms with Gasteiger partial charge in [0.1, 0.15) is 0 Å². The van der Waals surface area contributed by atoms with Crippen LogP contribution >= 0.6 is 0 Å². The predicted molar refractivity (Wildman–Crippen MR) is 78.7 cm³/mol. The standard InChI is InChI=1S/C15H22N2O3/c1-11(2)8-17(10-15(19)20)9-14(18)16-13-6-4-5-12(3)7-13/h4-7,11H,8-10H2,1-3H3,(H,16,18)(H,19,20). The minimum Gasteiger partial charge on any atom is -0.480 e. The van der Waals surface area contributed by atoms with Gasteiger partial charge in [0.05, 0.1) is 13.1 Å². The van der Waals surface area contributed by atoms with Gasteiger partial charge in [-0.3, -0.25) is 14.5 Å². The van der Waals surface area contributed by atoms with Crippen molar-refractivity contribution < 1.29 is 14.7 Å². The number of aryl methyl sites for hydroxylation is 1. The monoisotopic (exact) mass is 278 g/mol. The quantitative estimate of drug-likeness (QED) is 0.800. The Bertz CT molecular complexity index is 472. The zero-order valence-electron chi connectivity index (χ0n) is 12.2. The van der Waals surface area contributed by atoms with Crippen molar-refractivity contribution in [3.63, 3.8) is 0 Å². The van der Waals surface area contributed by atoms with Crippen LogP contribution in [0.3, 0.4) is 0 Å². The second-order valence-corrected chi connectivity index (χ2v) is 5.37. The molecule has 0 aliphatic heterocycles. The Kier molecular flexibility index (Phi) is 6.18. The first-order valence-electron chi connectivity index (χ1n) is 6.67. The molecule has 0 unspecified atom stereocenters. The molecule has 0 heterocycles. The molecule has 1 amide bonds. The van der Waals surface area contributed by atoms with Gasteiger partial charge in [0.2, 0.25) is 5.91 Å². The molecule has 0 saturated carbocycles. The third-order valence-electron chi connectivity index (χ3n) is 2.65. The molecule has 20 heavy (non-hydrogen) atoms. The number of carbonyl (C=O) groups is 2. The van der Waals surface area contributed by atoms with Gasteiger partial charge in [-0.1, -0.05) is 26.0 Å². The molecule has 0 atom stereocenters. The van der Waals surface area contributed by atoms with Crippen molar-refractivity contribution in [2.45, 2.75) is 20.8 Å². The van der Waals surface area contributed by atoms with Gasteiger partial charge in [0.15, 0.2) is 0 Å². The molecule has 1 aromatic carbocycles. The van der Waals surface area contributed by atoms with Crippen molar-refractivity contribution in [3.05, 3.63) is 29.8 Å². The van der Waals surface area contributed by atoms with Crippen LogP contribution in [0.1, 0.15) is 19.4 Å². The van der Waals surface area contributed by atoms with Crippen molar-refractivity contribution in [3.8, 4) is 0 Å². The fourth-order valence-electron chi connectivity index (χ4n) is 2.02. The zero-order chi connectivity index (χ0) is 15.1. The normalized spacial score (nSPS) is 10.8. The van der Waals surface area contributed by atoms with Crippen LogP contribution in [0.25, 0.3) is 0 Å². The number of nitrogens with zero attached hydrogens (tertiary/aromatic N) is 1. The van der Waals surface area contributed by atoms with E-state index in [-0.39, 0.29) is 19.0 Å². The van der Waals surface area contributed by atoms with Crippen LogP contribution in [0, 0.1) is 12.8 Å². The summed E-state index contributed by atoms with van der Waals surface area (Å²) in [6.07, 6.45) is 0. The lowest BCUT2D eigenvalue weighted by molar-refractivity contribution is -0.138. The van der Waals surface area contributed by atoms with Crippen molar-refractivity contribution in [2.75, 3.05) is 25.0 Å². The molecule has 1 rings (SSSR count). The number of carboxylic acids is 1. The lowest BCUT2D eigenvalue weighted by atomic mass is 10.2. The highest BCUT2D eigenvalue weighted by Gasteiger charge is 2.15. The summed E-state index contributed by atoms with van der Waals surface area (Å²) in [7, 11) is 0. The summed E-state index contributed by atoms with van der Waals surface area (Å²) in [4.78, 5) is 24.4. The number of amides is 1. The zero-order valence-corrected chi connectivity index (χ0v) is 12.2. The molecule has 0 aliphatic rings. The summed E-state index contributed by atoms with van der Waals surface area (Å²) < 4.78 is 0. The summed E-state index contributed by atoms with van der Waals surface area (Å²) in [6.45, 7) is 6.47. The van der Waals surface area contributed by atoms with E-state index in [1.165, 1.54) is 0 Å². The molecule has 0 aromatic heterocycles. The average Bonchev–Trinajstić information content (AvgIpc) is 2.26. The Balaban J connectivity index is 2.58. The topological polar surface area (TPSA) is 69.6 Å². The molecule has 0 aliphatic carbocycles. The van der Waals surface area contributed by atoms with Crippen molar-refractivity contribution in [1.29, 1.82) is 0 Å². The maximum atomic E-state index is 12.0. The highest BCUT2D eigenvalue weighted by atomic mass is 16.4. The Hall–Kier alpha value is -1.88. The fourth-order valence-corrected chi connectivity index (χ4v) is 2.02. The van der Waals surface area contributed by atoms with Gasteiger partial charge in [0.25, 0.3) is 0 Å². The first-order valence-corrected chi connectivity index (χ1v) is 6.67. The van der Waals surface area contributed by atoms with E-state index in [0.29, 0.717) is 12.5 Å². The van der Waals surface area contributed by atoms with Crippen LogP contribution in [-0.2, 0) is 9.59 Å². The molecule has 5 heteroatoms. The molecular weight excluding hydrogens is 256 g/mol. The van der Waals surface area contributed by atoms with Gasteiger partial charge in [-0.25, -0.2) is 0 Å². The predicted octanol–water partition coefficient (Wildman–Crippen LogP) is 1.98. The molecule has 1 aromatic rings. The Labute approximate surface area is 119 Å². The smallest absolute Gasteiger partial charge is 0.317 e. The van der Waals surface area contributed by atoms with E-state index in [4.69, 9.17) is 5.11 Å². The second kappa shape index (κ2) is 7.65. The van der Waals surface area contributed by atoms with Gasteiger partial charge in [-0.2, -0.15) is 0 Å². The highest BCUT2D eigenvalue weighted by Crippen LogP contribution is 2.09. The van der Waals surface area contributed by atoms with Crippen LogP contribution in [0.15, 0.2) is 24.3 Å². The maximum absolute atomic E-state index is 12.0. The summed E-state index contributed by atoms with van der Waals surface area (Å²) in [5, 5.41) is 11.6. The minimum absolute atomic E-state index is 0.0818. The molecule has 0 saturated heterocycles. The molecule has 5 nitrogen and oxygen atoms in total. The number of carbonyl (C=O) groups excluding carboxylic acids is 1. The summed E-state index contributed by atoms with van der Waals surface area (Å²) in [5.41, 5.74) is 1.79. The SMILES string of the molecule is Cc1cccc(NC(=O)CN(CC(=O)O)CC(C)C)c1. The van der Waals surface area contributed by atoms with Crippen LogP contribution in [-0.4, -0.2) is 41.5 Å². The first-order chi connectivity index (χ1) is 9.36. The number of hydrogen-bond donors (Lipinski definition) is 2. The Morgan fingerprint density at radius 2 is 2.00 bits per heavy atom. The third-order valence-corrected chi connectivity index (χ3v) is 2.65. The Morgan fingerprint density at radius 1 is 1.30 bits per heavy atom. The number of aliphatic carboxylic acids is 1. The van der Waals surface area contributed by atoms with Gasteiger partial charge >= 0.3 is 5.97 Å². The van der Waals surface area contributed by atoms with Crippen LogP contribution in [0.4, 0.5) is 5.69 Å². The summed E-state index contributed by atoms with van der Waals surface area (Å²) in [6, 6.07) is 7.51. The van der Waals surface area contributed by atoms with E-state index in [9.17, 15) is 9.59 Å². The van der Waals surface area contributed by atoms with Gasteiger partial charge in [0, 0.05) is 12.2 Å². The molecule has 0 radical (unpaired) electrons. The maximum Gasteiger partial charge on any atom is 0.317 e. The second-order valence-electron chi connectivity index (χ2n) is 5.37. The summed E-state index contributed by atoms with van der Waals surface area (Å²) in [5.74, 6) is -0.812. The van der Waals surface area contributed by atoms with Gasteiger partial charge in [-0.15, -0.1) is 0 Å². The van der Waals surface area contributed by atoms with Crippen LogP contribution in [0.5, 0.6) is 0 Å².